The zero-order valence-electron chi connectivity index (χ0n) is 10.4. The van der Waals surface area contributed by atoms with E-state index in [4.69, 9.17) is 0 Å². The third-order valence-corrected chi connectivity index (χ3v) is 4.58. The lowest BCUT2D eigenvalue weighted by Crippen LogP contribution is -2.38. The SMILES string of the molecule is CC(C)C(CCBr)NS(=O)(=O)c1cccc(F)c1. The minimum Gasteiger partial charge on any atom is -0.208 e. The van der Waals surface area contributed by atoms with Crippen LogP contribution in [-0.2, 0) is 10.0 Å². The lowest BCUT2D eigenvalue weighted by atomic mass is 10.0. The molecule has 0 aliphatic heterocycles. The first kappa shape index (κ1) is 15.6. The van der Waals surface area contributed by atoms with Crippen LogP contribution in [0, 0.1) is 11.7 Å². The van der Waals surface area contributed by atoms with Crippen LogP contribution in [0.5, 0.6) is 0 Å². The van der Waals surface area contributed by atoms with Gasteiger partial charge >= 0.3 is 0 Å². The van der Waals surface area contributed by atoms with Crippen LogP contribution in [0.2, 0.25) is 0 Å². The monoisotopic (exact) mass is 337 g/mol. The van der Waals surface area contributed by atoms with Gasteiger partial charge in [-0.25, -0.2) is 17.5 Å². The molecule has 102 valence electrons. The number of sulfonamides is 1. The van der Waals surface area contributed by atoms with Gasteiger partial charge in [0.2, 0.25) is 10.0 Å². The van der Waals surface area contributed by atoms with E-state index in [-0.39, 0.29) is 16.9 Å². The molecule has 0 fully saturated rings. The van der Waals surface area contributed by atoms with Crippen LogP contribution < -0.4 is 4.72 Å². The van der Waals surface area contributed by atoms with E-state index in [0.29, 0.717) is 11.8 Å². The number of nitrogens with one attached hydrogen (secondary N) is 1. The van der Waals surface area contributed by atoms with Crippen LogP contribution in [0.4, 0.5) is 4.39 Å². The molecule has 3 nitrogen and oxygen atoms in total. The Morgan fingerprint density at radius 2 is 2.06 bits per heavy atom. The maximum absolute atomic E-state index is 13.0. The summed E-state index contributed by atoms with van der Waals surface area (Å²) in [5, 5.41) is 0.710. The average Bonchev–Trinajstić information content (AvgIpc) is 2.28. The van der Waals surface area contributed by atoms with Gasteiger partial charge in [0, 0.05) is 11.4 Å². The van der Waals surface area contributed by atoms with Crippen molar-refractivity contribution in [1.29, 1.82) is 0 Å². The van der Waals surface area contributed by atoms with Gasteiger partial charge in [-0.2, -0.15) is 0 Å². The summed E-state index contributed by atoms with van der Waals surface area (Å²) in [5.41, 5.74) is 0. The number of alkyl halides is 1. The summed E-state index contributed by atoms with van der Waals surface area (Å²) >= 11 is 3.30. The summed E-state index contributed by atoms with van der Waals surface area (Å²) in [4.78, 5) is -0.0391. The van der Waals surface area contributed by atoms with Crippen molar-refractivity contribution in [3.8, 4) is 0 Å². The molecule has 0 spiro atoms. The summed E-state index contributed by atoms with van der Waals surface area (Å²) in [5.74, 6) is -0.384. The van der Waals surface area contributed by atoms with E-state index in [0.717, 1.165) is 6.07 Å². The minimum absolute atomic E-state index is 0.0391. The zero-order valence-corrected chi connectivity index (χ0v) is 12.8. The van der Waals surface area contributed by atoms with Gasteiger partial charge < -0.3 is 0 Å². The van der Waals surface area contributed by atoms with E-state index in [1.807, 2.05) is 13.8 Å². The van der Waals surface area contributed by atoms with Crippen molar-refractivity contribution in [3.63, 3.8) is 0 Å². The van der Waals surface area contributed by atoms with Crippen molar-refractivity contribution < 1.29 is 12.8 Å². The summed E-state index contributed by atoms with van der Waals surface area (Å²) in [6.07, 6.45) is 0.687. The Morgan fingerprint density at radius 1 is 1.39 bits per heavy atom. The first-order valence-electron chi connectivity index (χ1n) is 5.70. The second-order valence-electron chi connectivity index (χ2n) is 4.41. The van der Waals surface area contributed by atoms with Crippen molar-refractivity contribution in [2.75, 3.05) is 5.33 Å². The maximum atomic E-state index is 13.0. The van der Waals surface area contributed by atoms with Crippen molar-refractivity contribution in [2.45, 2.75) is 31.2 Å². The van der Waals surface area contributed by atoms with Crippen LogP contribution in [0.25, 0.3) is 0 Å². The number of rotatable bonds is 6. The fraction of sp³-hybridized carbons (Fsp3) is 0.500. The number of hydrogen-bond acceptors (Lipinski definition) is 2. The molecular weight excluding hydrogens is 321 g/mol. The topological polar surface area (TPSA) is 46.2 Å². The fourth-order valence-electron chi connectivity index (χ4n) is 1.55. The lowest BCUT2D eigenvalue weighted by molar-refractivity contribution is 0.440. The Kier molecular flexibility index (Phi) is 5.75. The highest BCUT2D eigenvalue weighted by molar-refractivity contribution is 9.09. The zero-order chi connectivity index (χ0) is 13.8. The average molecular weight is 338 g/mol. The van der Waals surface area contributed by atoms with Crippen LogP contribution in [0.3, 0.4) is 0 Å². The smallest absolute Gasteiger partial charge is 0.208 e. The first-order valence-corrected chi connectivity index (χ1v) is 8.31. The maximum Gasteiger partial charge on any atom is 0.240 e. The van der Waals surface area contributed by atoms with Gasteiger partial charge in [-0.1, -0.05) is 35.8 Å². The predicted octanol–water partition coefficient (Wildman–Crippen LogP) is 2.91. The third kappa shape index (κ3) is 4.33. The second-order valence-corrected chi connectivity index (χ2v) is 6.91. The molecule has 0 aromatic heterocycles. The molecule has 0 aliphatic carbocycles. The normalized spacial score (nSPS) is 13.8. The summed E-state index contributed by atoms with van der Waals surface area (Å²) in [6.45, 7) is 3.89. The van der Waals surface area contributed by atoms with Gasteiger partial charge in [-0.05, 0) is 30.5 Å². The highest BCUT2D eigenvalue weighted by Gasteiger charge is 2.22. The van der Waals surface area contributed by atoms with E-state index in [1.165, 1.54) is 18.2 Å². The van der Waals surface area contributed by atoms with Crippen molar-refractivity contribution >= 4 is 26.0 Å². The van der Waals surface area contributed by atoms with Crippen molar-refractivity contribution in [1.82, 2.24) is 4.72 Å². The van der Waals surface area contributed by atoms with Crippen molar-refractivity contribution in [3.05, 3.63) is 30.1 Å². The lowest BCUT2D eigenvalue weighted by Gasteiger charge is -2.21. The molecule has 1 unspecified atom stereocenters. The van der Waals surface area contributed by atoms with Gasteiger partial charge in [0.25, 0.3) is 0 Å². The molecule has 0 saturated heterocycles. The van der Waals surface area contributed by atoms with E-state index in [2.05, 4.69) is 20.7 Å². The molecular formula is C12H17BrFNO2S. The Morgan fingerprint density at radius 3 is 2.56 bits per heavy atom. The van der Waals surface area contributed by atoms with Gasteiger partial charge in [0.15, 0.2) is 0 Å². The first-order chi connectivity index (χ1) is 8.36. The molecule has 1 aromatic carbocycles. The largest absolute Gasteiger partial charge is 0.240 e. The summed E-state index contributed by atoms with van der Waals surface area (Å²) in [7, 11) is -3.66. The minimum atomic E-state index is -3.66. The molecule has 1 N–H and O–H groups in total. The Bertz CT molecular complexity index is 491. The molecule has 0 amide bonds. The molecule has 18 heavy (non-hydrogen) atoms. The fourth-order valence-corrected chi connectivity index (χ4v) is 3.49. The molecule has 1 rings (SSSR count). The van der Waals surface area contributed by atoms with Crippen LogP contribution in [0.15, 0.2) is 29.2 Å². The molecule has 0 radical (unpaired) electrons. The highest BCUT2D eigenvalue weighted by atomic mass is 79.9. The van der Waals surface area contributed by atoms with Crippen LogP contribution in [0.1, 0.15) is 20.3 Å². The molecule has 6 heteroatoms. The Labute approximate surface area is 116 Å². The number of benzene rings is 1. The molecule has 0 saturated carbocycles. The molecule has 1 atom stereocenters. The summed E-state index contributed by atoms with van der Waals surface area (Å²) < 4.78 is 39.8. The van der Waals surface area contributed by atoms with E-state index >= 15 is 0 Å². The number of halogens is 2. The Balaban J connectivity index is 2.93. The van der Waals surface area contributed by atoms with Gasteiger partial charge in [-0.15, -0.1) is 0 Å². The quantitative estimate of drug-likeness (QED) is 0.811. The second kappa shape index (κ2) is 6.63. The highest BCUT2D eigenvalue weighted by Crippen LogP contribution is 2.15. The molecule has 0 heterocycles. The van der Waals surface area contributed by atoms with E-state index < -0.39 is 15.8 Å². The van der Waals surface area contributed by atoms with Crippen molar-refractivity contribution in [2.24, 2.45) is 5.92 Å². The van der Waals surface area contributed by atoms with E-state index in [1.54, 1.807) is 0 Å². The van der Waals surface area contributed by atoms with Crippen LogP contribution >= 0.6 is 15.9 Å². The van der Waals surface area contributed by atoms with Crippen LogP contribution in [-0.4, -0.2) is 19.8 Å². The van der Waals surface area contributed by atoms with Gasteiger partial charge in [0.05, 0.1) is 4.90 Å². The molecule has 0 bridgehead atoms. The van der Waals surface area contributed by atoms with Gasteiger partial charge in [-0.3, -0.25) is 0 Å². The third-order valence-electron chi connectivity index (χ3n) is 2.64. The standard InChI is InChI=1S/C12H17BrFNO2S/c1-9(2)12(6-7-13)15-18(16,17)11-5-3-4-10(14)8-11/h3-5,8-9,12,15H,6-7H2,1-2H3. The van der Waals surface area contributed by atoms with E-state index in [9.17, 15) is 12.8 Å². The Hall–Kier alpha value is -0.460. The molecule has 1 aromatic rings. The number of hydrogen-bond donors (Lipinski definition) is 1. The predicted molar refractivity (Wildman–Crippen MR) is 73.8 cm³/mol. The van der Waals surface area contributed by atoms with Gasteiger partial charge in [0.1, 0.15) is 5.82 Å². The molecule has 0 aliphatic rings. The summed E-state index contributed by atoms with van der Waals surface area (Å²) in [6, 6.07) is 4.85.